The zero-order chi connectivity index (χ0) is 17.9. The molecule has 1 saturated heterocycles. The minimum atomic E-state index is -0.109. The van der Waals surface area contributed by atoms with E-state index in [1.165, 1.54) is 25.9 Å². The molecule has 1 amide bonds. The first-order valence-electron chi connectivity index (χ1n) is 9.66. The van der Waals surface area contributed by atoms with E-state index in [1.807, 2.05) is 36.4 Å². The summed E-state index contributed by atoms with van der Waals surface area (Å²) in [4.78, 5) is 17.5. The predicted molar refractivity (Wildman–Crippen MR) is 105 cm³/mol. The summed E-state index contributed by atoms with van der Waals surface area (Å²) < 4.78 is 0. The van der Waals surface area contributed by atoms with E-state index in [2.05, 4.69) is 40.2 Å². The highest BCUT2D eigenvalue weighted by molar-refractivity contribution is 6.02. The van der Waals surface area contributed by atoms with Gasteiger partial charge in [0.2, 0.25) is 0 Å². The maximum atomic E-state index is 12.6. The lowest BCUT2D eigenvalue weighted by Crippen LogP contribution is -2.49. The molecule has 1 N–H and O–H groups in total. The topological polar surface area (TPSA) is 35.6 Å². The molecule has 0 bridgehead atoms. The molecule has 0 aromatic heterocycles. The molecule has 4 heteroatoms. The number of para-hydroxylation sites is 1. The van der Waals surface area contributed by atoms with Gasteiger partial charge in [0.1, 0.15) is 6.17 Å². The van der Waals surface area contributed by atoms with Gasteiger partial charge >= 0.3 is 0 Å². The van der Waals surface area contributed by atoms with Gasteiger partial charge in [-0.2, -0.15) is 0 Å². The number of nitrogens with one attached hydrogen (secondary N) is 1. The van der Waals surface area contributed by atoms with Gasteiger partial charge in [-0.1, -0.05) is 49.4 Å². The molecule has 4 nitrogen and oxygen atoms in total. The molecule has 0 saturated carbocycles. The summed E-state index contributed by atoms with van der Waals surface area (Å²) in [5.74, 6) is 0.857. The fourth-order valence-corrected chi connectivity index (χ4v) is 4.02. The van der Waals surface area contributed by atoms with E-state index in [-0.39, 0.29) is 12.1 Å². The van der Waals surface area contributed by atoms with Gasteiger partial charge in [0, 0.05) is 13.1 Å². The first kappa shape index (κ1) is 17.1. The average molecular weight is 349 g/mol. The largest absolute Gasteiger partial charge is 0.345 e. The van der Waals surface area contributed by atoms with Crippen LogP contribution >= 0.6 is 0 Å². The van der Waals surface area contributed by atoms with E-state index in [1.54, 1.807) is 0 Å². The zero-order valence-corrected chi connectivity index (χ0v) is 15.4. The van der Waals surface area contributed by atoms with Crippen molar-refractivity contribution in [2.24, 2.45) is 5.92 Å². The fourth-order valence-electron chi connectivity index (χ4n) is 4.02. The molecule has 0 spiro atoms. The Morgan fingerprint density at radius 2 is 1.65 bits per heavy atom. The van der Waals surface area contributed by atoms with Crippen molar-refractivity contribution < 1.29 is 4.79 Å². The molecule has 136 valence electrons. The summed E-state index contributed by atoms with van der Waals surface area (Å²) in [6, 6.07) is 18.2. The molecule has 26 heavy (non-hydrogen) atoms. The van der Waals surface area contributed by atoms with Crippen LogP contribution in [0.1, 0.15) is 41.9 Å². The van der Waals surface area contributed by atoms with Crippen LogP contribution in [0.5, 0.6) is 0 Å². The maximum absolute atomic E-state index is 12.6. The van der Waals surface area contributed by atoms with Crippen molar-refractivity contribution in [1.82, 2.24) is 10.2 Å². The average Bonchev–Trinajstić information content (AvgIpc) is 2.69. The second-order valence-electron chi connectivity index (χ2n) is 7.52. The lowest BCUT2D eigenvalue weighted by Gasteiger charge is -2.41. The Hall–Kier alpha value is -2.33. The van der Waals surface area contributed by atoms with Crippen LogP contribution in [0.2, 0.25) is 0 Å². The third kappa shape index (κ3) is 3.47. The third-order valence-corrected chi connectivity index (χ3v) is 5.69. The zero-order valence-electron chi connectivity index (χ0n) is 15.4. The number of hydrogen-bond donors (Lipinski definition) is 1. The van der Waals surface area contributed by atoms with Crippen LogP contribution < -0.4 is 10.2 Å². The van der Waals surface area contributed by atoms with E-state index >= 15 is 0 Å². The van der Waals surface area contributed by atoms with Crippen molar-refractivity contribution in [1.29, 1.82) is 0 Å². The number of likely N-dealkylation sites (tertiary alicyclic amines) is 1. The Balaban J connectivity index is 1.58. The van der Waals surface area contributed by atoms with Crippen molar-refractivity contribution in [3.63, 3.8) is 0 Å². The van der Waals surface area contributed by atoms with E-state index in [0.29, 0.717) is 0 Å². The van der Waals surface area contributed by atoms with Gasteiger partial charge in [0.05, 0.1) is 11.3 Å². The van der Waals surface area contributed by atoms with Crippen LogP contribution in [-0.2, 0) is 0 Å². The smallest absolute Gasteiger partial charge is 0.255 e. The number of nitrogens with zero attached hydrogens (tertiary/aromatic N) is 2. The Morgan fingerprint density at radius 3 is 2.42 bits per heavy atom. The Kier molecular flexibility index (Phi) is 4.93. The summed E-state index contributed by atoms with van der Waals surface area (Å²) in [6.07, 6.45) is 2.47. The summed E-state index contributed by atoms with van der Waals surface area (Å²) >= 11 is 0. The van der Waals surface area contributed by atoms with E-state index in [4.69, 9.17) is 0 Å². The molecule has 0 aliphatic carbocycles. The van der Waals surface area contributed by atoms with Gasteiger partial charge in [-0.3, -0.25) is 4.79 Å². The molecule has 0 radical (unpaired) electrons. The van der Waals surface area contributed by atoms with Crippen molar-refractivity contribution in [3.8, 4) is 0 Å². The van der Waals surface area contributed by atoms with E-state index < -0.39 is 0 Å². The van der Waals surface area contributed by atoms with E-state index in [9.17, 15) is 4.79 Å². The van der Waals surface area contributed by atoms with Crippen LogP contribution in [-0.4, -0.2) is 37.0 Å². The van der Waals surface area contributed by atoms with Crippen molar-refractivity contribution >= 4 is 11.6 Å². The van der Waals surface area contributed by atoms with Crippen LogP contribution in [0, 0.1) is 5.92 Å². The lowest BCUT2D eigenvalue weighted by molar-refractivity contribution is 0.0924. The molecule has 1 unspecified atom stereocenters. The molecule has 2 aromatic rings. The molecule has 1 fully saturated rings. The number of benzene rings is 2. The monoisotopic (exact) mass is 349 g/mol. The molecule has 2 aliphatic heterocycles. The third-order valence-electron chi connectivity index (χ3n) is 5.69. The number of amides is 1. The van der Waals surface area contributed by atoms with Crippen LogP contribution in [0.25, 0.3) is 0 Å². The first-order chi connectivity index (χ1) is 12.7. The second kappa shape index (κ2) is 7.50. The van der Waals surface area contributed by atoms with Gasteiger partial charge in [0.15, 0.2) is 0 Å². The summed E-state index contributed by atoms with van der Waals surface area (Å²) in [7, 11) is 0. The van der Waals surface area contributed by atoms with Crippen molar-refractivity contribution in [2.45, 2.75) is 25.9 Å². The SMILES string of the molecule is CC1CCN(CCN2c3ccccc3C(=O)NC2c2ccccc2)CC1. The highest BCUT2D eigenvalue weighted by Gasteiger charge is 2.31. The number of rotatable bonds is 4. The molecule has 2 heterocycles. The van der Waals surface area contributed by atoms with Crippen molar-refractivity contribution in [3.05, 3.63) is 65.7 Å². The maximum Gasteiger partial charge on any atom is 0.255 e. The highest BCUT2D eigenvalue weighted by atomic mass is 16.2. The predicted octanol–water partition coefficient (Wildman–Crippen LogP) is 3.67. The van der Waals surface area contributed by atoms with Crippen molar-refractivity contribution in [2.75, 3.05) is 31.1 Å². The number of anilines is 1. The number of hydrogen-bond acceptors (Lipinski definition) is 3. The second-order valence-corrected chi connectivity index (χ2v) is 7.52. The molecule has 2 aliphatic rings. The van der Waals surface area contributed by atoms with Gasteiger partial charge < -0.3 is 15.1 Å². The minimum absolute atomic E-state index is 0.0116. The molecular formula is C22H27N3O. The van der Waals surface area contributed by atoms with Crippen LogP contribution in [0.4, 0.5) is 5.69 Å². The fraction of sp³-hybridized carbons (Fsp3) is 0.409. The van der Waals surface area contributed by atoms with Gasteiger partial charge in [-0.05, 0) is 49.5 Å². The number of carbonyl (C=O) groups is 1. The number of carbonyl (C=O) groups excluding carboxylic acids is 1. The number of piperidine rings is 1. The number of fused-ring (bicyclic) bond motifs is 1. The molecular weight excluding hydrogens is 322 g/mol. The van der Waals surface area contributed by atoms with Crippen LogP contribution in [0.15, 0.2) is 54.6 Å². The summed E-state index contributed by atoms with van der Waals surface area (Å²) in [6.45, 7) is 6.64. The van der Waals surface area contributed by atoms with E-state index in [0.717, 1.165) is 35.8 Å². The van der Waals surface area contributed by atoms with Gasteiger partial charge in [-0.15, -0.1) is 0 Å². The van der Waals surface area contributed by atoms with Crippen LogP contribution in [0.3, 0.4) is 0 Å². The first-order valence-corrected chi connectivity index (χ1v) is 9.66. The van der Waals surface area contributed by atoms with Gasteiger partial charge in [-0.25, -0.2) is 0 Å². The normalized spacial score (nSPS) is 21.3. The Morgan fingerprint density at radius 1 is 0.962 bits per heavy atom. The molecule has 2 aromatic carbocycles. The summed E-state index contributed by atoms with van der Waals surface area (Å²) in [5.41, 5.74) is 2.94. The molecule has 4 rings (SSSR count). The Bertz CT molecular complexity index is 753. The van der Waals surface area contributed by atoms with Gasteiger partial charge in [0.25, 0.3) is 5.91 Å². The Labute approximate surface area is 155 Å². The summed E-state index contributed by atoms with van der Waals surface area (Å²) in [5, 5.41) is 3.20. The quantitative estimate of drug-likeness (QED) is 0.915. The lowest BCUT2D eigenvalue weighted by atomic mass is 9.99. The molecule has 1 atom stereocenters. The standard InChI is InChI=1S/C22H27N3O/c1-17-11-13-24(14-12-17)15-16-25-20-10-6-5-9-19(20)22(26)23-21(25)18-7-3-2-4-8-18/h2-10,17,21H,11-16H2,1H3,(H,23,26). The minimum Gasteiger partial charge on any atom is -0.345 e. The highest BCUT2D eigenvalue weighted by Crippen LogP contribution is 2.32.